The van der Waals surface area contributed by atoms with Gasteiger partial charge in [0.25, 0.3) is 0 Å². The van der Waals surface area contributed by atoms with Gasteiger partial charge in [-0.25, -0.2) is 8.42 Å². The average molecular weight is 315 g/mol. The molecule has 0 radical (unpaired) electrons. The van der Waals surface area contributed by atoms with E-state index in [-0.39, 0.29) is 9.92 Å². The molecule has 1 aliphatic carbocycles. The molecular weight excluding hydrogens is 296 g/mol. The molecule has 2 N–H and O–H groups in total. The van der Waals surface area contributed by atoms with E-state index in [1.165, 1.54) is 6.42 Å². The molecular formula is C14H19ClN2O2S. The third kappa shape index (κ3) is 2.37. The van der Waals surface area contributed by atoms with Crippen LogP contribution in [0.25, 0.3) is 0 Å². The molecule has 6 heteroatoms. The van der Waals surface area contributed by atoms with Crippen molar-refractivity contribution in [1.29, 1.82) is 0 Å². The summed E-state index contributed by atoms with van der Waals surface area (Å²) in [5.41, 5.74) is 6.37. The lowest BCUT2D eigenvalue weighted by Crippen LogP contribution is -2.30. The summed E-state index contributed by atoms with van der Waals surface area (Å²) in [4.78, 5) is 0.196. The molecule has 1 saturated carbocycles. The highest BCUT2D eigenvalue weighted by molar-refractivity contribution is 7.89. The van der Waals surface area contributed by atoms with Crippen molar-refractivity contribution >= 4 is 21.6 Å². The maximum absolute atomic E-state index is 12.8. The molecule has 1 saturated heterocycles. The predicted octanol–water partition coefficient (Wildman–Crippen LogP) is 2.22. The fourth-order valence-electron chi connectivity index (χ4n) is 3.40. The average Bonchev–Trinajstić information content (AvgIpc) is 3.00. The Hall–Kier alpha value is -0.620. The van der Waals surface area contributed by atoms with Crippen LogP contribution in [0, 0.1) is 11.8 Å². The lowest BCUT2D eigenvalue weighted by Gasteiger charge is -2.18. The minimum atomic E-state index is -3.50. The van der Waals surface area contributed by atoms with E-state index >= 15 is 0 Å². The van der Waals surface area contributed by atoms with Crippen LogP contribution in [0.3, 0.4) is 0 Å². The maximum atomic E-state index is 12.8. The number of fused-ring (bicyclic) bond motifs is 1. The van der Waals surface area contributed by atoms with E-state index in [0.29, 0.717) is 31.5 Å². The van der Waals surface area contributed by atoms with Gasteiger partial charge in [0.05, 0.1) is 5.02 Å². The van der Waals surface area contributed by atoms with Crippen molar-refractivity contribution in [2.45, 2.75) is 30.7 Å². The molecule has 1 aliphatic heterocycles. The summed E-state index contributed by atoms with van der Waals surface area (Å²) < 4.78 is 27.1. The molecule has 2 atom stereocenters. The van der Waals surface area contributed by atoms with Crippen LogP contribution in [0.1, 0.15) is 24.8 Å². The molecule has 4 nitrogen and oxygen atoms in total. The van der Waals surface area contributed by atoms with Crippen LogP contribution < -0.4 is 5.73 Å². The van der Waals surface area contributed by atoms with Gasteiger partial charge in [0.15, 0.2) is 0 Å². The molecule has 0 bridgehead atoms. The number of nitrogens with zero attached hydrogens (tertiary/aromatic N) is 1. The van der Waals surface area contributed by atoms with Crippen LogP contribution in [0.15, 0.2) is 23.1 Å². The monoisotopic (exact) mass is 314 g/mol. The van der Waals surface area contributed by atoms with Crippen molar-refractivity contribution < 1.29 is 8.42 Å². The molecule has 3 rings (SSSR count). The summed E-state index contributed by atoms with van der Waals surface area (Å²) in [6, 6.07) is 4.99. The largest absolute Gasteiger partial charge is 0.326 e. The first-order chi connectivity index (χ1) is 9.52. The molecule has 1 aromatic carbocycles. The van der Waals surface area contributed by atoms with Gasteiger partial charge in [-0.2, -0.15) is 4.31 Å². The van der Waals surface area contributed by atoms with E-state index in [1.807, 2.05) is 0 Å². The van der Waals surface area contributed by atoms with Crippen molar-refractivity contribution in [3.8, 4) is 0 Å². The molecule has 110 valence electrons. The third-order valence-corrected chi connectivity index (χ3v) is 6.86. The summed E-state index contributed by atoms with van der Waals surface area (Å²) in [6.07, 6.45) is 3.52. The molecule has 2 fully saturated rings. The van der Waals surface area contributed by atoms with E-state index < -0.39 is 10.0 Å². The molecule has 0 spiro atoms. The Morgan fingerprint density at radius 1 is 1.25 bits per heavy atom. The second-order valence-corrected chi connectivity index (χ2v) is 8.06. The highest BCUT2D eigenvalue weighted by Gasteiger charge is 2.41. The Balaban J connectivity index is 1.92. The van der Waals surface area contributed by atoms with Gasteiger partial charge in [-0.1, -0.05) is 24.1 Å². The Labute approximate surface area is 125 Å². The minimum absolute atomic E-state index is 0.196. The molecule has 2 aliphatic rings. The first-order valence-corrected chi connectivity index (χ1v) is 8.83. The van der Waals surface area contributed by atoms with Gasteiger partial charge in [0, 0.05) is 19.6 Å². The summed E-state index contributed by atoms with van der Waals surface area (Å²) >= 11 is 6.09. The zero-order chi connectivity index (χ0) is 14.3. The van der Waals surface area contributed by atoms with Gasteiger partial charge in [-0.3, -0.25) is 0 Å². The van der Waals surface area contributed by atoms with Crippen LogP contribution in [0.2, 0.25) is 5.02 Å². The van der Waals surface area contributed by atoms with Gasteiger partial charge in [0.1, 0.15) is 4.90 Å². The zero-order valence-corrected chi connectivity index (χ0v) is 12.8. The highest BCUT2D eigenvalue weighted by Crippen LogP contribution is 2.40. The SMILES string of the molecule is NCc1ccc(Cl)c(S(=O)(=O)N2CC3CCCC3C2)c1. The summed E-state index contributed by atoms with van der Waals surface area (Å²) in [7, 11) is -3.50. The van der Waals surface area contributed by atoms with E-state index in [2.05, 4.69) is 0 Å². The second kappa shape index (κ2) is 5.30. The molecule has 0 amide bonds. The van der Waals surface area contributed by atoms with E-state index in [4.69, 9.17) is 17.3 Å². The predicted molar refractivity (Wildman–Crippen MR) is 78.9 cm³/mol. The highest BCUT2D eigenvalue weighted by atomic mass is 35.5. The Kier molecular flexibility index (Phi) is 3.79. The molecule has 20 heavy (non-hydrogen) atoms. The van der Waals surface area contributed by atoms with Gasteiger partial charge >= 0.3 is 0 Å². The molecule has 1 aromatic rings. The van der Waals surface area contributed by atoms with Crippen LogP contribution in [-0.4, -0.2) is 25.8 Å². The van der Waals surface area contributed by atoms with Gasteiger partial charge < -0.3 is 5.73 Å². The molecule has 1 heterocycles. The maximum Gasteiger partial charge on any atom is 0.244 e. The quantitative estimate of drug-likeness (QED) is 0.930. The summed E-state index contributed by atoms with van der Waals surface area (Å²) in [5, 5.41) is 0.277. The van der Waals surface area contributed by atoms with Crippen molar-refractivity contribution in [2.24, 2.45) is 17.6 Å². The topological polar surface area (TPSA) is 63.4 Å². The fraction of sp³-hybridized carbons (Fsp3) is 0.571. The summed E-state index contributed by atoms with van der Waals surface area (Å²) in [6.45, 7) is 1.58. The van der Waals surface area contributed by atoms with Gasteiger partial charge in [-0.15, -0.1) is 0 Å². The van der Waals surface area contributed by atoms with Crippen molar-refractivity contribution in [3.05, 3.63) is 28.8 Å². The Morgan fingerprint density at radius 2 is 1.90 bits per heavy atom. The number of hydrogen-bond acceptors (Lipinski definition) is 3. The number of halogens is 1. The van der Waals surface area contributed by atoms with E-state index in [9.17, 15) is 8.42 Å². The number of hydrogen-bond donors (Lipinski definition) is 1. The van der Waals surface area contributed by atoms with Crippen LogP contribution in [-0.2, 0) is 16.6 Å². The first kappa shape index (κ1) is 14.3. The lowest BCUT2D eigenvalue weighted by atomic mass is 10.0. The minimum Gasteiger partial charge on any atom is -0.326 e. The van der Waals surface area contributed by atoms with E-state index in [0.717, 1.165) is 18.4 Å². The lowest BCUT2D eigenvalue weighted by molar-refractivity contribution is 0.445. The molecule has 2 unspecified atom stereocenters. The van der Waals surface area contributed by atoms with Gasteiger partial charge in [0.2, 0.25) is 10.0 Å². The van der Waals surface area contributed by atoms with Gasteiger partial charge in [-0.05, 0) is 42.4 Å². The second-order valence-electron chi connectivity index (χ2n) is 5.74. The Bertz CT molecular complexity index is 606. The van der Waals surface area contributed by atoms with Crippen LogP contribution >= 0.6 is 11.6 Å². The number of nitrogens with two attached hydrogens (primary N) is 1. The molecule has 0 aromatic heterocycles. The standard InChI is InChI=1S/C14H19ClN2O2S/c15-13-5-4-10(7-16)6-14(13)20(18,19)17-8-11-2-1-3-12(11)9-17/h4-6,11-12H,1-3,7-9,16H2. The van der Waals surface area contributed by atoms with Crippen molar-refractivity contribution in [1.82, 2.24) is 4.31 Å². The van der Waals surface area contributed by atoms with Crippen molar-refractivity contribution in [2.75, 3.05) is 13.1 Å². The first-order valence-electron chi connectivity index (χ1n) is 7.01. The van der Waals surface area contributed by atoms with Crippen LogP contribution in [0.5, 0.6) is 0 Å². The van der Waals surface area contributed by atoms with Crippen molar-refractivity contribution in [3.63, 3.8) is 0 Å². The number of rotatable bonds is 3. The smallest absolute Gasteiger partial charge is 0.244 e. The number of sulfonamides is 1. The fourth-order valence-corrected chi connectivity index (χ4v) is 5.48. The van der Waals surface area contributed by atoms with Crippen LogP contribution in [0.4, 0.5) is 0 Å². The summed E-state index contributed by atoms with van der Waals surface area (Å²) in [5.74, 6) is 1.06. The Morgan fingerprint density at radius 3 is 2.50 bits per heavy atom. The third-order valence-electron chi connectivity index (χ3n) is 4.54. The number of benzene rings is 1. The van der Waals surface area contributed by atoms with E-state index in [1.54, 1.807) is 22.5 Å². The zero-order valence-electron chi connectivity index (χ0n) is 11.3. The normalized spacial score (nSPS) is 26.9.